The van der Waals surface area contributed by atoms with Gasteiger partial charge in [-0.15, -0.1) is 0 Å². The predicted octanol–water partition coefficient (Wildman–Crippen LogP) is 5.41. The molecule has 0 heterocycles. The fourth-order valence-corrected chi connectivity index (χ4v) is 2.18. The summed E-state index contributed by atoms with van der Waals surface area (Å²) in [5.41, 5.74) is 0.240. The van der Waals surface area contributed by atoms with Gasteiger partial charge in [0.05, 0.1) is 12.2 Å². The third-order valence-electron chi connectivity index (χ3n) is 3.20. The number of ether oxygens (including phenoxy) is 2. The van der Waals surface area contributed by atoms with Crippen molar-refractivity contribution in [1.29, 1.82) is 0 Å². The summed E-state index contributed by atoms with van der Waals surface area (Å²) in [6.45, 7) is 21.8. The van der Waals surface area contributed by atoms with Crippen LogP contribution >= 0.6 is 0 Å². The van der Waals surface area contributed by atoms with Crippen molar-refractivity contribution in [2.45, 2.75) is 100 Å². The number of rotatable bonds is 6. The highest BCUT2D eigenvalue weighted by Gasteiger charge is 2.46. The average molecular weight is 272 g/mol. The predicted molar refractivity (Wildman–Crippen MR) is 83.3 cm³/mol. The van der Waals surface area contributed by atoms with Crippen molar-refractivity contribution in [3.63, 3.8) is 0 Å². The molecule has 0 aromatic heterocycles. The molecule has 19 heavy (non-hydrogen) atoms. The van der Waals surface area contributed by atoms with Crippen molar-refractivity contribution in [3.05, 3.63) is 0 Å². The van der Waals surface area contributed by atoms with Gasteiger partial charge in [0, 0.05) is 11.8 Å². The van der Waals surface area contributed by atoms with Crippen LogP contribution in [0.3, 0.4) is 0 Å². The minimum Gasteiger partial charge on any atom is -0.347 e. The molecule has 2 heteroatoms. The summed E-state index contributed by atoms with van der Waals surface area (Å²) in [6.07, 6.45) is 2.34. The maximum atomic E-state index is 6.29. The summed E-state index contributed by atoms with van der Waals surface area (Å²) in [7, 11) is 0. The normalized spacial score (nSPS) is 14.5. The van der Waals surface area contributed by atoms with Crippen molar-refractivity contribution in [1.82, 2.24) is 0 Å². The van der Waals surface area contributed by atoms with Gasteiger partial charge < -0.3 is 9.47 Å². The molecule has 0 aliphatic heterocycles. The van der Waals surface area contributed by atoms with E-state index in [1.807, 2.05) is 0 Å². The Bertz CT molecular complexity index is 243. The van der Waals surface area contributed by atoms with Gasteiger partial charge >= 0.3 is 0 Å². The van der Waals surface area contributed by atoms with E-state index in [9.17, 15) is 0 Å². The van der Waals surface area contributed by atoms with Crippen LogP contribution in [0.2, 0.25) is 0 Å². The fourth-order valence-electron chi connectivity index (χ4n) is 2.18. The first-order valence-corrected chi connectivity index (χ1v) is 7.65. The third kappa shape index (κ3) is 6.76. The van der Waals surface area contributed by atoms with Crippen molar-refractivity contribution in [2.75, 3.05) is 0 Å². The van der Waals surface area contributed by atoms with Crippen LogP contribution in [0.4, 0.5) is 0 Å². The van der Waals surface area contributed by atoms with E-state index in [-0.39, 0.29) is 23.0 Å². The lowest BCUT2D eigenvalue weighted by atomic mass is 9.78. The summed E-state index contributed by atoms with van der Waals surface area (Å²) < 4.78 is 12.6. The lowest BCUT2D eigenvalue weighted by Gasteiger charge is -2.47. The van der Waals surface area contributed by atoms with Crippen LogP contribution in [0.5, 0.6) is 0 Å². The molecule has 0 unspecified atom stereocenters. The van der Waals surface area contributed by atoms with Gasteiger partial charge in [-0.2, -0.15) is 0 Å². The second kappa shape index (κ2) is 6.58. The Balaban J connectivity index is 5.24. The van der Waals surface area contributed by atoms with Crippen molar-refractivity contribution in [3.8, 4) is 0 Å². The molecule has 0 saturated carbocycles. The van der Waals surface area contributed by atoms with E-state index < -0.39 is 5.79 Å². The smallest absolute Gasteiger partial charge is 0.173 e. The zero-order chi connectivity index (χ0) is 15.5. The maximum Gasteiger partial charge on any atom is 0.173 e. The molecule has 0 aliphatic carbocycles. The van der Waals surface area contributed by atoms with Crippen LogP contribution < -0.4 is 0 Å². The Hall–Kier alpha value is -0.0800. The summed E-state index contributed by atoms with van der Waals surface area (Å²) in [5.74, 6) is -0.511. The molecule has 0 amide bonds. The van der Waals surface area contributed by atoms with E-state index in [0.717, 1.165) is 12.8 Å². The number of hydrogen-bond donors (Lipinski definition) is 0. The molecule has 0 N–H and O–H groups in total. The van der Waals surface area contributed by atoms with Crippen molar-refractivity contribution >= 4 is 0 Å². The maximum absolute atomic E-state index is 6.29. The van der Waals surface area contributed by atoms with Crippen molar-refractivity contribution < 1.29 is 9.47 Å². The van der Waals surface area contributed by atoms with Crippen LogP contribution in [-0.4, -0.2) is 18.0 Å². The van der Waals surface area contributed by atoms with E-state index in [1.165, 1.54) is 0 Å². The van der Waals surface area contributed by atoms with Gasteiger partial charge in [0.2, 0.25) is 0 Å². The van der Waals surface area contributed by atoms with Crippen LogP contribution in [-0.2, 0) is 9.47 Å². The van der Waals surface area contributed by atoms with E-state index in [4.69, 9.17) is 9.47 Å². The molecule has 0 radical (unpaired) electrons. The Kier molecular flexibility index (Phi) is 6.55. The van der Waals surface area contributed by atoms with E-state index in [2.05, 4.69) is 69.2 Å². The first kappa shape index (κ1) is 18.9. The topological polar surface area (TPSA) is 18.5 Å². The van der Waals surface area contributed by atoms with Crippen LogP contribution in [0, 0.1) is 10.8 Å². The SMILES string of the molecule is CC(C)OC(CCC(C)(C)C)(OC(C)C)C(C)(C)C. The number of hydrogen-bond acceptors (Lipinski definition) is 2. The molecule has 0 aromatic carbocycles. The summed E-state index contributed by atoms with van der Waals surface area (Å²) >= 11 is 0. The van der Waals surface area contributed by atoms with Crippen LogP contribution in [0.15, 0.2) is 0 Å². The molecular weight excluding hydrogens is 236 g/mol. The molecule has 0 atom stereocenters. The molecule has 0 rings (SSSR count). The van der Waals surface area contributed by atoms with E-state index >= 15 is 0 Å². The van der Waals surface area contributed by atoms with Gasteiger partial charge in [0.1, 0.15) is 0 Å². The highest BCUT2D eigenvalue weighted by Crippen LogP contribution is 2.42. The molecule has 0 aromatic rings. The molecular formula is C17H36O2. The molecule has 0 fully saturated rings. The zero-order valence-electron chi connectivity index (χ0n) is 14.9. The van der Waals surface area contributed by atoms with E-state index in [0.29, 0.717) is 0 Å². The van der Waals surface area contributed by atoms with Gasteiger partial charge in [-0.1, -0.05) is 41.5 Å². The molecule has 2 nitrogen and oxygen atoms in total. The summed E-state index contributed by atoms with van der Waals surface area (Å²) in [6, 6.07) is 0. The molecule has 116 valence electrons. The zero-order valence-corrected chi connectivity index (χ0v) is 14.9. The Morgan fingerprint density at radius 3 is 1.26 bits per heavy atom. The highest BCUT2D eigenvalue weighted by molar-refractivity contribution is 4.87. The summed E-state index contributed by atoms with van der Waals surface area (Å²) in [5, 5.41) is 0. The van der Waals surface area contributed by atoms with Gasteiger partial charge in [-0.25, -0.2) is 0 Å². The lowest BCUT2D eigenvalue weighted by Crippen LogP contribution is -2.51. The van der Waals surface area contributed by atoms with Gasteiger partial charge in [0.25, 0.3) is 0 Å². The largest absolute Gasteiger partial charge is 0.347 e. The fraction of sp³-hybridized carbons (Fsp3) is 1.00. The first-order valence-electron chi connectivity index (χ1n) is 7.65. The van der Waals surface area contributed by atoms with Gasteiger partial charge in [-0.3, -0.25) is 0 Å². The van der Waals surface area contributed by atoms with Gasteiger partial charge in [-0.05, 0) is 39.5 Å². The average Bonchev–Trinajstić information content (AvgIpc) is 2.09. The van der Waals surface area contributed by atoms with Crippen LogP contribution in [0.25, 0.3) is 0 Å². The standard InChI is InChI=1S/C17H36O2/c1-13(2)18-17(16(8,9)10,19-14(3)4)12-11-15(5,6)7/h13-14H,11-12H2,1-10H3. The second-order valence-corrected chi connectivity index (χ2v) is 8.40. The molecule has 0 bridgehead atoms. The lowest BCUT2D eigenvalue weighted by molar-refractivity contribution is -0.320. The van der Waals surface area contributed by atoms with E-state index in [1.54, 1.807) is 0 Å². The highest BCUT2D eigenvalue weighted by atomic mass is 16.7. The minimum absolute atomic E-state index is 0.0488. The first-order chi connectivity index (χ1) is 8.29. The molecule has 0 spiro atoms. The molecule has 0 aliphatic rings. The third-order valence-corrected chi connectivity index (χ3v) is 3.20. The minimum atomic E-state index is -0.511. The Labute approximate surface area is 121 Å². The molecule has 0 saturated heterocycles. The quantitative estimate of drug-likeness (QED) is 0.602. The Morgan fingerprint density at radius 2 is 1.05 bits per heavy atom. The van der Waals surface area contributed by atoms with Crippen molar-refractivity contribution in [2.24, 2.45) is 10.8 Å². The van der Waals surface area contributed by atoms with Crippen LogP contribution in [0.1, 0.15) is 82.1 Å². The second-order valence-electron chi connectivity index (χ2n) is 8.40. The monoisotopic (exact) mass is 272 g/mol. The Morgan fingerprint density at radius 1 is 0.684 bits per heavy atom. The van der Waals surface area contributed by atoms with Gasteiger partial charge in [0.15, 0.2) is 5.79 Å². The summed E-state index contributed by atoms with van der Waals surface area (Å²) in [4.78, 5) is 0.